The van der Waals surface area contributed by atoms with Gasteiger partial charge in [-0.3, -0.25) is 9.88 Å². The number of aromatic nitrogens is 3. The average molecular weight is 319 g/mol. The lowest BCUT2D eigenvalue weighted by Gasteiger charge is -2.32. The third-order valence-corrected chi connectivity index (χ3v) is 4.73. The maximum absolute atomic E-state index is 6.10. The minimum absolute atomic E-state index is 0.555. The molecule has 1 saturated heterocycles. The largest absolute Gasteiger partial charge is 0.383 e. The summed E-state index contributed by atoms with van der Waals surface area (Å²) in [4.78, 5) is 15.7. The van der Waals surface area contributed by atoms with Crippen molar-refractivity contribution in [3.05, 3.63) is 60.2 Å². The molecule has 3 aromatic rings. The van der Waals surface area contributed by atoms with Crippen LogP contribution >= 0.6 is 0 Å². The smallest absolute Gasteiger partial charge is 0.145 e. The van der Waals surface area contributed by atoms with Crippen LogP contribution in [-0.2, 0) is 6.54 Å². The Morgan fingerprint density at radius 2 is 1.92 bits per heavy atom. The molecule has 1 atom stereocenters. The fraction of sp³-hybridized carbons (Fsp3) is 0.316. The molecule has 0 unspecified atom stereocenters. The lowest BCUT2D eigenvalue weighted by molar-refractivity contribution is 0.196. The van der Waals surface area contributed by atoms with Crippen LogP contribution in [0.15, 0.2) is 48.8 Å². The number of hydrogen-bond acceptors (Lipinski definition) is 5. The highest BCUT2D eigenvalue weighted by Crippen LogP contribution is 2.27. The Kier molecular flexibility index (Phi) is 4.09. The first-order valence-corrected chi connectivity index (χ1v) is 8.43. The van der Waals surface area contributed by atoms with E-state index in [2.05, 4.69) is 32.0 Å². The van der Waals surface area contributed by atoms with Gasteiger partial charge in [-0.05, 0) is 55.1 Å². The predicted molar refractivity (Wildman–Crippen MR) is 95.4 cm³/mol. The third-order valence-electron chi connectivity index (χ3n) is 4.73. The van der Waals surface area contributed by atoms with E-state index in [-0.39, 0.29) is 0 Å². The molecule has 1 fully saturated rings. The molecule has 5 heteroatoms. The molecule has 2 aromatic heterocycles. The molecule has 0 spiro atoms. The maximum Gasteiger partial charge on any atom is 0.145 e. The van der Waals surface area contributed by atoms with Gasteiger partial charge in [0.1, 0.15) is 11.6 Å². The van der Waals surface area contributed by atoms with E-state index >= 15 is 0 Å². The third kappa shape index (κ3) is 3.08. The van der Waals surface area contributed by atoms with Gasteiger partial charge in [0.15, 0.2) is 0 Å². The Morgan fingerprint density at radius 1 is 1.08 bits per heavy atom. The van der Waals surface area contributed by atoms with E-state index in [9.17, 15) is 0 Å². The van der Waals surface area contributed by atoms with E-state index in [0.717, 1.165) is 36.4 Å². The van der Waals surface area contributed by atoms with Crippen LogP contribution in [0.4, 0.5) is 5.82 Å². The SMILES string of the molecule is Nc1nc(CN2CCC[C@@H](c3ccncc3)C2)nc2ccccc12. The summed E-state index contributed by atoms with van der Waals surface area (Å²) in [6.07, 6.45) is 6.17. The molecule has 0 amide bonds. The van der Waals surface area contributed by atoms with E-state index < -0.39 is 0 Å². The van der Waals surface area contributed by atoms with Crippen LogP contribution in [-0.4, -0.2) is 32.9 Å². The van der Waals surface area contributed by atoms with Crippen molar-refractivity contribution in [1.82, 2.24) is 19.9 Å². The van der Waals surface area contributed by atoms with Gasteiger partial charge in [0.05, 0.1) is 12.1 Å². The van der Waals surface area contributed by atoms with Gasteiger partial charge in [0.2, 0.25) is 0 Å². The molecule has 1 aliphatic heterocycles. The summed E-state index contributed by atoms with van der Waals surface area (Å²) in [5.74, 6) is 1.93. The molecule has 1 aliphatic rings. The number of para-hydroxylation sites is 1. The van der Waals surface area contributed by atoms with E-state index in [1.54, 1.807) is 0 Å². The summed E-state index contributed by atoms with van der Waals surface area (Å²) in [5, 5.41) is 0.926. The Bertz CT molecular complexity index is 834. The number of anilines is 1. The quantitative estimate of drug-likeness (QED) is 0.804. The highest BCUT2D eigenvalue weighted by Gasteiger charge is 2.22. The lowest BCUT2D eigenvalue weighted by Crippen LogP contribution is -2.34. The molecule has 1 aromatic carbocycles. The minimum Gasteiger partial charge on any atom is -0.383 e. The van der Waals surface area contributed by atoms with Crippen LogP contribution in [0.2, 0.25) is 0 Å². The number of nitrogens with zero attached hydrogens (tertiary/aromatic N) is 4. The van der Waals surface area contributed by atoms with Crippen LogP contribution in [0.25, 0.3) is 10.9 Å². The van der Waals surface area contributed by atoms with Crippen molar-refractivity contribution in [3.8, 4) is 0 Å². The van der Waals surface area contributed by atoms with Crippen LogP contribution < -0.4 is 5.73 Å². The van der Waals surface area contributed by atoms with Crippen LogP contribution in [0, 0.1) is 0 Å². The van der Waals surface area contributed by atoms with Gasteiger partial charge in [-0.1, -0.05) is 12.1 Å². The standard InChI is InChI=1S/C19H21N5/c20-19-16-5-1-2-6-17(16)22-18(23-19)13-24-11-3-4-15(12-24)14-7-9-21-10-8-14/h1-2,5-10,15H,3-4,11-13H2,(H2,20,22,23)/t15-/m1/s1. The topological polar surface area (TPSA) is 67.9 Å². The number of piperidine rings is 1. The second-order valence-electron chi connectivity index (χ2n) is 6.40. The van der Waals surface area contributed by atoms with Gasteiger partial charge in [-0.15, -0.1) is 0 Å². The van der Waals surface area contributed by atoms with E-state index in [1.165, 1.54) is 18.4 Å². The number of nitrogens with two attached hydrogens (primary N) is 1. The Labute approximate surface area is 141 Å². The summed E-state index contributed by atoms with van der Waals surface area (Å²) >= 11 is 0. The predicted octanol–water partition coefficient (Wildman–Crippen LogP) is 2.99. The monoisotopic (exact) mass is 319 g/mol. The van der Waals surface area contributed by atoms with Crippen molar-refractivity contribution in [3.63, 3.8) is 0 Å². The number of pyridine rings is 1. The Hall–Kier alpha value is -2.53. The van der Waals surface area contributed by atoms with Crippen LogP contribution in [0.5, 0.6) is 0 Å². The van der Waals surface area contributed by atoms with Crippen molar-refractivity contribution in [2.24, 2.45) is 0 Å². The number of rotatable bonds is 3. The molecule has 0 aliphatic carbocycles. The van der Waals surface area contributed by atoms with Gasteiger partial charge in [0, 0.05) is 24.3 Å². The summed E-state index contributed by atoms with van der Waals surface area (Å²) in [6, 6.07) is 12.2. The van der Waals surface area contributed by atoms with Crippen molar-refractivity contribution >= 4 is 16.7 Å². The van der Waals surface area contributed by atoms with E-state index in [4.69, 9.17) is 5.73 Å². The molecular formula is C19H21N5. The van der Waals surface area contributed by atoms with Crippen LogP contribution in [0.1, 0.15) is 30.1 Å². The van der Waals surface area contributed by atoms with Crippen LogP contribution in [0.3, 0.4) is 0 Å². The highest BCUT2D eigenvalue weighted by molar-refractivity contribution is 5.87. The number of likely N-dealkylation sites (tertiary alicyclic amines) is 1. The number of benzene rings is 1. The molecule has 122 valence electrons. The first-order valence-electron chi connectivity index (χ1n) is 8.43. The second kappa shape index (κ2) is 6.53. The summed E-state index contributed by atoms with van der Waals surface area (Å²) in [5.41, 5.74) is 8.39. The van der Waals surface area contributed by atoms with Gasteiger partial charge >= 0.3 is 0 Å². The molecular weight excluding hydrogens is 298 g/mol. The zero-order chi connectivity index (χ0) is 16.4. The molecule has 0 radical (unpaired) electrons. The first-order chi connectivity index (χ1) is 11.8. The van der Waals surface area contributed by atoms with E-state index in [0.29, 0.717) is 11.7 Å². The van der Waals surface area contributed by atoms with Gasteiger partial charge in [-0.25, -0.2) is 9.97 Å². The van der Waals surface area contributed by atoms with Gasteiger partial charge < -0.3 is 5.73 Å². The second-order valence-corrected chi connectivity index (χ2v) is 6.40. The molecule has 3 heterocycles. The normalized spacial score (nSPS) is 18.8. The molecule has 0 saturated carbocycles. The molecule has 2 N–H and O–H groups in total. The van der Waals surface area contributed by atoms with Gasteiger partial charge in [-0.2, -0.15) is 0 Å². The molecule has 4 rings (SSSR count). The fourth-order valence-electron chi connectivity index (χ4n) is 3.53. The zero-order valence-electron chi connectivity index (χ0n) is 13.6. The van der Waals surface area contributed by atoms with Gasteiger partial charge in [0.25, 0.3) is 0 Å². The minimum atomic E-state index is 0.555. The fourth-order valence-corrected chi connectivity index (χ4v) is 3.53. The number of fused-ring (bicyclic) bond motifs is 1. The van der Waals surface area contributed by atoms with E-state index in [1.807, 2.05) is 36.7 Å². The zero-order valence-corrected chi connectivity index (χ0v) is 13.6. The summed E-state index contributed by atoms with van der Waals surface area (Å²) < 4.78 is 0. The number of nitrogen functional groups attached to an aromatic ring is 1. The highest BCUT2D eigenvalue weighted by atomic mass is 15.2. The maximum atomic E-state index is 6.10. The molecule has 0 bridgehead atoms. The Balaban J connectivity index is 1.53. The molecule has 24 heavy (non-hydrogen) atoms. The average Bonchev–Trinajstić information content (AvgIpc) is 2.63. The van der Waals surface area contributed by atoms with Crippen molar-refractivity contribution in [1.29, 1.82) is 0 Å². The van der Waals surface area contributed by atoms with Crippen molar-refractivity contribution < 1.29 is 0 Å². The first kappa shape index (κ1) is 15.0. The Morgan fingerprint density at radius 3 is 2.79 bits per heavy atom. The summed E-state index contributed by atoms with van der Waals surface area (Å²) in [6.45, 7) is 2.86. The molecule has 5 nitrogen and oxygen atoms in total. The summed E-state index contributed by atoms with van der Waals surface area (Å²) in [7, 11) is 0. The van der Waals surface area contributed by atoms with Crippen molar-refractivity contribution in [2.45, 2.75) is 25.3 Å². The van der Waals surface area contributed by atoms with Crippen molar-refractivity contribution in [2.75, 3.05) is 18.8 Å². The lowest BCUT2D eigenvalue weighted by atomic mass is 9.91. The number of hydrogen-bond donors (Lipinski definition) is 1.